The van der Waals surface area contributed by atoms with Gasteiger partial charge in [-0.25, -0.2) is 0 Å². The number of hydrogen-bond acceptors (Lipinski definition) is 6. The van der Waals surface area contributed by atoms with Crippen molar-refractivity contribution >= 4 is 17.8 Å². The van der Waals surface area contributed by atoms with Crippen LogP contribution < -0.4 is 5.32 Å². The molecule has 0 aliphatic carbocycles. The van der Waals surface area contributed by atoms with Gasteiger partial charge >= 0.3 is 11.9 Å². The number of amides is 1. The van der Waals surface area contributed by atoms with E-state index < -0.39 is 0 Å². The normalized spacial score (nSPS) is 13.2. The number of carbonyl (C=O) groups is 3. The molecule has 0 fully saturated rings. The van der Waals surface area contributed by atoms with Crippen LogP contribution in [-0.4, -0.2) is 61.6 Å². The molecule has 0 aliphatic rings. The van der Waals surface area contributed by atoms with E-state index in [1.165, 1.54) is 89.9 Å². The zero-order chi connectivity index (χ0) is 36.4. The number of ether oxygens (including phenoxy) is 2. The Balaban J connectivity index is 5.20. The summed E-state index contributed by atoms with van der Waals surface area (Å²) in [6.45, 7) is 14.7. The van der Waals surface area contributed by atoms with Gasteiger partial charge in [-0.2, -0.15) is 0 Å². The largest absolute Gasteiger partial charge is 0.464 e. The summed E-state index contributed by atoms with van der Waals surface area (Å²) in [5.74, 6) is -0.381. The maximum absolute atomic E-state index is 13.4. The highest BCUT2D eigenvalue weighted by Crippen LogP contribution is 2.22. The third-order valence-electron chi connectivity index (χ3n) is 9.89. The molecule has 3 unspecified atom stereocenters. The SMILES string of the molecule is CCCCCCCCC(CCCCCC)C(=O)OCCN(CCOC(=O)C(CCCCCC)CCCCCCCC)C(=O)CC(C)NCC. The first-order chi connectivity index (χ1) is 23.8. The lowest BCUT2D eigenvalue weighted by Gasteiger charge is -2.25. The van der Waals surface area contributed by atoms with E-state index in [0.29, 0.717) is 19.5 Å². The van der Waals surface area contributed by atoms with Crippen LogP contribution in [0.15, 0.2) is 0 Å². The van der Waals surface area contributed by atoms with Gasteiger partial charge in [0.2, 0.25) is 5.91 Å². The number of nitrogens with zero attached hydrogens (tertiary/aromatic N) is 1. The van der Waals surface area contributed by atoms with E-state index >= 15 is 0 Å². The summed E-state index contributed by atoms with van der Waals surface area (Å²) in [6, 6.07) is 0.0414. The quantitative estimate of drug-likeness (QED) is 0.0519. The monoisotopic (exact) mass is 695 g/mol. The number of hydrogen-bond donors (Lipinski definition) is 1. The Kier molecular flexibility index (Phi) is 33.6. The van der Waals surface area contributed by atoms with E-state index in [-0.39, 0.29) is 48.9 Å². The Morgan fingerprint density at radius 3 is 1.18 bits per heavy atom. The molecule has 0 bridgehead atoms. The van der Waals surface area contributed by atoms with Crippen molar-refractivity contribution in [1.82, 2.24) is 10.2 Å². The third kappa shape index (κ3) is 27.7. The van der Waals surface area contributed by atoms with Crippen LogP contribution in [0.1, 0.15) is 202 Å². The lowest BCUT2D eigenvalue weighted by atomic mass is 9.94. The Morgan fingerprint density at radius 2 is 0.837 bits per heavy atom. The van der Waals surface area contributed by atoms with Crippen LogP contribution in [0, 0.1) is 11.8 Å². The number of esters is 2. The van der Waals surface area contributed by atoms with Gasteiger partial charge < -0.3 is 19.7 Å². The Morgan fingerprint density at radius 1 is 0.510 bits per heavy atom. The topological polar surface area (TPSA) is 84.9 Å². The molecular weight excluding hydrogens is 612 g/mol. The predicted molar refractivity (Wildman–Crippen MR) is 207 cm³/mol. The minimum Gasteiger partial charge on any atom is -0.464 e. The van der Waals surface area contributed by atoms with E-state index in [9.17, 15) is 14.4 Å². The number of unbranched alkanes of at least 4 members (excludes halogenated alkanes) is 16. The Labute approximate surface area is 304 Å². The molecule has 3 atom stereocenters. The van der Waals surface area contributed by atoms with Crippen molar-refractivity contribution in [2.75, 3.05) is 32.8 Å². The molecule has 1 N–H and O–H groups in total. The summed E-state index contributed by atoms with van der Waals surface area (Å²) in [5.41, 5.74) is 0. The molecule has 0 saturated carbocycles. The van der Waals surface area contributed by atoms with E-state index in [4.69, 9.17) is 9.47 Å². The lowest BCUT2D eigenvalue weighted by molar-refractivity contribution is -0.152. The van der Waals surface area contributed by atoms with E-state index in [1.54, 1.807) is 4.90 Å². The van der Waals surface area contributed by atoms with Gasteiger partial charge in [-0.3, -0.25) is 14.4 Å². The fourth-order valence-electron chi connectivity index (χ4n) is 6.66. The third-order valence-corrected chi connectivity index (χ3v) is 9.89. The molecule has 0 aromatic heterocycles. The number of rotatable bonds is 36. The molecule has 0 heterocycles. The van der Waals surface area contributed by atoms with Crippen LogP contribution in [0.4, 0.5) is 0 Å². The van der Waals surface area contributed by atoms with E-state index in [1.807, 2.05) is 13.8 Å². The van der Waals surface area contributed by atoms with Gasteiger partial charge in [0.25, 0.3) is 0 Å². The second-order valence-electron chi connectivity index (χ2n) is 14.6. The summed E-state index contributed by atoms with van der Waals surface area (Å²) >= 11 is 0. The number of nitrogens with one attached hydrogen (secondary N) is 1. The first kappa shape index (κ1) is 47.4. The van der Waals surface area contributed by atoms with Crippen molar-refractivity contribution in [3.05, 3.63) is 0 Å². The smallest absolute Gasteiger partial charge is 0.308 e. The van der Waals surface area contributed by atoms with Gasteiger partial charge in [-0.15, -0.1) is 0 Å². The first-order valence-corrected chi connectivity index (χ1v) is 21.2. The van der Waals surface area contributed by atoms with Gasteiger partial charge in [-0.05, 0) is 39.2 Å². The molecule has 7 heteroatoms. The highest BCUT2D eigenvalue weighted by molar-refractivity contribution is 5.77. The summed E-state index contributed by atoms with van der Waals surface area (Å²) in [5, 5.41) is 3.32. The average Bonchev–Trinajstić information content (AvgIpc) is 3.08. The highest BCUT2D eigenvalue weighted by Gasteiger charge is 2.23. The van der Waals surface area contributed by atoms with Gasteiger partial charge in [0, 0.05) is 12.5 Å². The molecule has 0 spiro atoms. The lowest BCUT2D eigenvalue weighted by Crippen LogP contribution is -2.41. The highest BCUT2D eigenvalue weighted by atomic mass is 16.5. The van der Waals surface area contributed by atoms with Crippen LogP contribution in [0.5, 0.6) is 0 Å². The van der Waals surface area contributed by atoms with Gasteiger partial charge in [0.15, 0.2) is 0 Å². The second-order valence-corrected chi connectivity index (χ2v) is 14.6. The fraction of sp³-hybridized carbons (Fsp3) is 0.929. The Hall–Kier alpha value is -1.63. The molecule has 49 heavy (non-hydrogen) atoms. The molecule has 0 rings (SSSR count). The van der Waals surface area contributed by atoms with E-state index in [2.05, 4.69) is 33.0 Å². The van der Waals surface area contributed by atoms with Gasteiger partial charge in [0.05, 0.1) is 24.9 Å². The van der Waals surface area contributed by atoms with Crippen LogP contribution in [0.2, 0.25) is 0 Å². The zero-order valence-electron chi connectivity index (χ0n) is 33.4. The summed E-state index contributed by atoms with van der Waals surface area (Å²) < 4.78 is 11.7. The standard InChI is InChI=1S/C42H82N2O5/c1-7-12-16-20-22-26-30-38(28-24-18-14-9-3)41(46)48-34-32-44(40(45)36-37(6)43-11-5)33-35-49-42(47)39(29-25-19-15-10-4)31-27-23-21-17-13-8-2/h37-39,43H,7-36H2,1-6H3. The predicted octanol–water partition coefficient (Wildman–Crippen LogP) is 11.0. The van der Waals surface area contributed by atoms with Gasteiger partial charge in [-0.1, -0.05) is 163 Å². The van der Waals surface area contributed by atoms with E-state index in [0.717, 1.165) is 70.8 Å². The summed E-state index contributed by atoms with van der Waals surface area (Å²) in [7, 11) is 0. The maximum Gasteiger partial charge on any atom is 0.308 e. The molecular formula is C42H82N2O5. The van der Waals surface area contributed by atoms with Crippen molar-refractivity contribution in [2.45, 2.75) is 208 Å². The molecule has 0 aromatic carbocycles. The molecule has 290 valence electrons. The molecule has 0 aliphatic heterocycles. The molecule has 1 amide bonds. The van der Waals surface area contributed by atoms with Crippen molar-refractivity contribution in [3.63, 3.8) is 0 Å². The van der Waals surface area contributed by atoms with Crippen molar-refractivity contribution in [2.24, 2.45) is 11.8 Å². The average molecular weight is 695 g/mol. The number of carbonyl (C=O) groups excluding carboxylic acids is 3. The van der Waals surface area contributed by atoms with Crippen molar-refractivity contribution < 1.29 is 23.9 Å². The fourth-order valence-corrected chi connectivity index (χ4v) is 6.66. The van der Waals surface area contributed by atoms with Crippen LogP contribution in [0.3, 0.4) is 0 Å². The van der Waals surface area contributed by atoms with Gasteiger partial charge in [0.1, 0.15) is 13.2 Å². The van der Waals surface area contributed by atoms with Crippen molar-refractivity contribution in [1.29, 1.82) is 0 Å². The van der Waals surface area contributed by atoms with Crippen LogP contribution in [0.25, 0.3) is 0 Å². The summed E-state index contributed by atoms with van der Waals surface area (Å²) in [4.78, 5) is 41.6. The second kappa shape index (κ2) is 34.8. The molecule has 0 radical (unpaired) electrons. The van der Waals surface area contributed by atoms with Crippen molar-refractivity contribution in [3.8, 4) is 0 Å². The summed E-state index contributed by atoms with van der Waals surface area (Å²) in [6.07, 6.45) is 27.6. The van der Waals surface area contributed by atoms with Crippen LogP contribution in [-0.2, 0) is 23.9 Å². The molecule has 0 aromatic rings. The van der Waals surface area contributed by atoms with Crippen LogP contribution >= 0.6 is 0 Å². The Bertz CT molecular complexity index is 726. The minimum absolute atomic E-state index is 0.00747. The maximum atomic E-state index is 13.4. The molecule has 7 nitrogen and oxygen atoms in total. The zero-order valence-corrected chi connectivity index (χ0v) is 33.4. The molecule has 0 saturated heterocycles. The minimum atomic E-state index is -0.120. The first-order valence-electron chi connectivity index (χ1n) is 21.2.